The molecule has 0 aromatic heterocycles. The van der Waals surface area contributed by atoms with Gasteiger partial charge in [0.25, 0.3) is 0 Å². The van der Waals surface area contributed by atoms with Crippen molar-refractivity contribution in [1.82, 2.24) is 10.6 Å². The molecule has 4 N–H and O–H groups in total. The van der Waals surface area contributed by atoms with Gasteiger partial charge in [0.2, 0.25) is 11.8 Å². The Morgan fingerprint density at radius 1 is 1.20 bits per heavy atom. The van der Waals surface area contributed by atoms with Gasteiger partial charge < -0.3 is 15.8 Å². The fourth-order valence-corrected chi connectivity index (χ4v) is 2.87. The predicted molar refractivity (Wildman–Crippen MR) is 94.4 cm³/mol. The second kappa shape index (κ2) is 7.81. The Hall–Kier alpha value is -2.86. The minimum atomic E-state index is -0.454. The van der Waals surface area contributed by atoms with E-state index >= 15 is 0 Å². The van der Waals surface area contributed by atoms with Gasteiger partial charge in [-0.25, -0.2) is 0 Å². The molecule has 0 fully saturated rings. The average molecular weight is 339 g/mol. The molecule has 2 amide bonds. The number of nitrogens with one attached hydrogen (secondary N) is 2. The van der Waals surface area contributed by atoms with Crippen LogP contribution in [0.15, 0.2) is 48.5 Å². The van der Waals surface area contributed by atoms with Crippen LogP contribution in [-0.2, 0) is 11.2 Å². The van der Waals surface area contributed by atoms with Gasteiger partial charge >= 0.3 is 0 Å². The highest BCUT2D eigenvalue weighted by atomic mass is 16.5. The molecule has 1 heterocycles. The van der Waals surface area contributed by atoms with Crippen molar-refractivity contribution in [2.24, 2.45) is 5.73 Å². The molecule has 0 saturated carbocycles. The summed E-state index contributed by atoms with van der Waals surface area (Å²) >= 11 is 0. The summed E-state index contributed by atoms with van der Waals surface area (Å²) in [7, 11) is 0. The third-order valence-corrected chi connectivity index (χ3v) is 4.12. The lowest BCUT2D eigenvalue weighted by Gasteiger charge is -2.17. The lowest BCUT2D eigenvalue weighted by Crippen LogP contribution is -2.38. The molecule has 0 aliphatic carbocycles. The number of hydrogen-bond donors (Lipinski definition) is 3. The van der Waals surface area contributed by atoms with Gasteiger partial charge in [-0.15, -0.1) is 0 Å². The monoisotopic (exact) mass is 339 g/mol. The maximum Gasteiger partial charge on any atom is 0.248 e. The summed E-state index contributed by atoms with van der Waals surface area (Å²) in [5.41, 5.74) is 7.55. The van der Waals surface area contributed by atoms with Crippen LogP contribution in [0.25, 0.3) is 0 Å². The first-order chi connectivity index (χ1) is 12.1. The van der Waals surface area contributed by atoms with Crippen LogP contribution in [-0.4, -0.2) is 31.5 Å². The Labute approximate surface area is 146 Å². The number of fused-ring (bicyclic) bond motifs is 1. The minimum Gasteiger partial charge on any atom is -0.492 e. The van der Waals surface area contributed by atoms with Crippen LogP contribution in [0.2, 0.25) is 0 Å². The number of rotatable bonds is 5. The highest BCUT2D eigenvalue weighted by molar-refractivity contribution is 5.92. The van der Waals surface area contributed by atoms with Crippen LogP contribution in [0.5, 0.6) is 5.75 Å². The maximum atomic E-state index is 12.6. The van der Waals surface area contributed by atoms with Crippen molar-refractivity contribution >= 4 is 11.8 Å². The van der Waals surface area contributed by atoms with Crippen molar-refractivity contribution < 1.29 is 14.3 Å². The van der Waals surface area contributed by atoms with E-state index in [1.165, 1.54) is 0 Å². The van der Waals surface area contributed by atoms with Gasteiger partial charge in [-0.2, -0.15) is 0 Å². The number of amides is 2. The SMILES string of the molecule is NC(=O)c1cccc(CCNC(=O)C2NCCOc3ccccc32)c1. The molecule has 2 aromatic rings. The highest BCUT2D eigenvalue weighted by Crippen LogP contribution is 2.26. The third kappa shape index (κ3) is 4.16. The first-order valence-electron chi connectivity index (χ1n) is 8.27. The molecule has 1 atom stereocenters. The zero-order chi connectivity index (χ0) is 17.6. The number of ether oxygens (including phenoxy) is 1. The predicted octanol–water partition coefficient (Wildman–Crippen LogP) is 1.17. The Balaban J connectivity index is 1.61. The van der Waals surface area contributed by atoms with Crippen molar-refractivity contribution in [3.8, 4) is 5.75 Å². The van der Waals surface area contributed by atoms with Gasteiger partial charge in [-0.1, -0.05) is 30.3 Å². The van der Waals surface area contributed by atoms with E-state index in [-0.39, 0.29) is 5.91 Å². The summed E-state index contributed by atoms with van der Waals surface area (Å²) in [6, 6.07) is 14.2. The van der Waals surface area contributed by atoms with Gasteiger partial charge in [0.1, 0.15) is 18.4 Å². The molecular formula is C19H21N3O3. The summed E-state index contributed by atoms with van der Waals surface area (Å²) in [4.78, 5) is 23.8. The molecule has 0 bridgehead atoms. The fraction of sp³-hybridized carbons (Fsp3) is 0.263. The van der Waals surface area contributed by atoms with Crippen LogP contribution in [0.3, 0.4) is 0 Å². The van der Waals surface area contributed by atoms with Crippen molar-refractivity contribution in [2.75, 3.05) is 19.7 Å². The van der Waals surface area contributed by atoms with Crippen molar-refractivity contribution in [2.45, 2.75) is 12.5 Å². The number of carbonyl (C=O) groups excluding carboxylic acids is 2. The summed E-state index contributed by atoms with van der Waals surface area (Å²) in [5.74, 6) is 0.191. The van der Waals surface area contributed by atoms with Crippen molar-refractivity contribution in [3.63, 3.8) is 0 Å². The Bertz CT molecular complexity index is 776. The lowest BCUT2D eigenvalue weighted by atomic mass is 10.0. The molecule has 6 heteroatoms. The van der Waals surface area contributed by atoms with E-state index in [1.54, 1.807) is 18.2 Å². The molecule has 6 nitrogen and oxygen atoms in total. The van der Waals surface area contributed by atoms with Gasteiger partial charge in [-0.3, -0.25) is 14.9 Å². The van der Waals surface area contributed by atoms with E-state index < -0.39 is 11.9 Å². The number of benzene rings is 2. The summed E-state index contributed by atoms with van der Waals surface area (Å²) < 4.78 is 5.65. The fourth-order valence-electron chi connectivity index (χ4n) is 2.87. The molecule has 130 valence electrons. The third-order valence-electron chi connectivity index (χ3n) is 4.12. The largest absolute Gasteiger partial charge is 0.492 e. The Morgan fingerprint density at radius 2 is 2.04 bits per heavy atom. The number of nitrogens with two attached hydrogens (primary N) is 1. The van der Waals surface area contributed by atoms with Crippen molar-refractivity contribution in [1.29, 1.82) is 0 Å². The molecule has 0 spiro atoms. The van der Waals surface area contributed by atoms with E-state index in [2.05, 4.69) is 10.6 Å². The second-order valence-electron chi connectivity index (χ2n) is 5.88. The zero-order valence-corrected chi connectivity index (χ0v) is 13.8. The van der Waals surface area contributed by atoms with Gasteiger partial charge in [0.15, 0.2) is 0 Å². The molecule has 1 unspecified atom stereocenters. The minimum absolute atomic E-state index is 0.0935. The topological polar surface area (TPSA) is 93.5 Å². The lowest BCUT2D eigenvalue weighted by molar-refractivity contribution is -0.123. The van der Waals surface area contributed by atoms with Gasteiger partial charge in [0.05, 0.1) is 0 Å². The molecule has 1 aliphatic heterocycles. The average Bonchev–Trinajstić information content (AvgIpc) is 2.84. The summed E-state index contributed by atoms with van der Waals surface area (Å²) in [6.07, 6.45) is 0.623. The number of primary amides is 1. The zero-order valence-electron chi connectivity index (χ0n) is 13.8. The summed E-state index contributed by atoms with van der Waals surface area (Å²) in [6.45, 7) is 1.61. The van der Waals surface area contributed by atoms with Crippen LogP contribution >= 0.6 is 0 Å². The van der Waals surface area contributed by atoms with E-state index in [4.69, 9.17) is 10.5 Å². The van der Waals surface area contributed by atoms with Gasteiger partial charge in [-0.05, 0) is 30.2 Å². The molecular weight excluding hydrogens is 318 g/mol. The van der Waals surface area contributed by atoms with Crippen LogP contribution < -0.4 is 21.1 Å². The van der Waals surface area contributed by atoms with Crippen molar-refractivity contribution in [3.05, 3.63) is 65.2 Å². The molecule has 25 heavy (non-hydrogen) atoms. The Morgan fingerprint density at radius 3 is 2.88 bits per heavy atom. The molecule has 0 saturated heterocycles. The molecule has 0 radical (unpaired) electrons. The van der Waals surface area contributed by atoms with E-state index in [0.29, 0.717) is 31.7 Å². The smallest absolute Gasteiger partial charge is 0.248 e. The molecule has 1 aliphatic rings. The normalized spacial score (nSPS) is 16.2. The highest BCUT2D eigenvalue weighted by Gasteiger charge is 2.25. The standard InChI is InChI=1S/C19H21N3O3/c20-18(23)14-5-3-4-13(12-14)8-9-22-19(24)17-15-6-1-2-7-16(15)25-11-10-21-17/h1-7,12,17,21H,8-11H2,(H2,20,23)(H,22,24). The van der Waals surface area contributed by atoms with E-state index in [0.717, 1.165) is 16.9 Å². The first kappa shape index (κ1) is 17.0. The quantitative estimate of drug-likeness (QED) is 0.762. The number of hydrogen-bond acceptors (Lipinski definition) is 4. The van der Waals surface area contributed by atoms with E-state index in [1.807, 2.05) is 30.3 Å². The first-order valence-corrected chi connectivity index (χ1v) is 8.27. The van der Waals surface area contributed by atoms with Crippen LogP contribution in [0.4, 0.5) is 0 Å². The van der Waals surface area contributed by atoms with Gasteiger partial charge in [0, 0.05) is 24.2 Å². The molecule has 3 rings (SSSR count). The summed E-state index contributed by atoms with van der Waals surface area (Å²) in [5, 5.41) is 6.16. The number of carbonyl (C=O) groups is 2. The maximum absolute atomic E-state index is 12.6. The second-order valence-corrected chi connectivity index (χ2v) is 5.88. The Kier molecular flexibility index (Phi) is 5.30. The van der Waals surface area contributed by atoms with Crippen LogP contribution in [0.1, 0.15) is 27.5 Å². The number of para-hydroxylation sites is 1. The molecule has 2 aromatic carbocycles. The van der Waals surface area contributed by atoms with E-state index in [9.17, 15) is 9.59 Å². The van der Waals surface area contributed by atoms with Crippen LogP contribution in [0, 0.1) is 0 Å².